The van der Waals surface area contributed by atoms with Gasteiger partial charge < -0.3 is 9.88 Å². The Labute approximate surface area is 108 Å². The van der Waals surface area contributed by atoms with Crippen LogP contribution in [0.25, 0.3) is 11.0 Å². The number of H-pyrrole nitrogens is 1. The molecule has 1 aliphatic heterocycles. The Morgan fingerprint density at radius 1 is 1.22 bits per heavy atom. The third-order valence-electron chi connectivity index (χ3n) is 3.79. The van der Waals surface area contributed by atoms with Gasteiger partial charge in [0.15, 0.2) is 0 Å². The van der Waals surface area contributed by atoms with Crippen molar-refractivity contribution in [3.05, 3.63) is 23.8 Å². The fourth-order valence-corrected chi connectivity index (χ4v) is 3.10. The highest BCUT2D eigenvalue weighted by Gasteiger charge is 2.23. The van der Waals surface area contributed by atoms with Crippen LogP contribution in [0.1, 0.15) is 25.8 Å². The van der Waals surface area contributed by atoms with Crippen LogP contribution >= 0.6 is 0 Å². The number of hydrogen-bond acceptors (Lipinski definition) is 2. The number of aryl methyl sites for hydroxylation is 1. The van der Waals surface area contributed by atoms with E-state index in [-0.39, 0.29) is 0 Å². The van der Waals surface area contributed by atoms with Gasteiger partial charge in [-0.1, -0.05) is 19.9 Å². The summed E-state index contributed by atoms with van der Waals surface area (Å²) in [7, 11) is 0. The maximum Gasteiger partial charge on any atom is 0.203 e. The van der Waals surface area contributed by atoms with Crippen LogP contribution < -0.4 is 4.90 Å². The van der Waals surface area contributed by atoms with Crippen LogP contribution in [0, 0.1) is 18.8 Å². The van der Waals surface area contributed by atoms with Crippen molar-refractivity contribution in [3.8, 4) is 0 Å². The first-order valence-corrected chi connectivity index (χ1v) is 6.83. The lowest BCUT2D eigenvalue weighted by Gasteiger charge is -2.34. The SMILES string of the molecule is Cc1ccc2nc(N3CC(C)CC(C)C3)[nH]c2c1. The number of nitrogens with one attached hydrogen (secondary N) is 1. The highest BCUT2D eigenvalue weighted by Crippen LogP contribution is 2.26. The Morgan fingerprint density at radius 3 is 2.67 bits per heavy atom. The van der Waals surface area contributed by atoms with Gasteiger partial charge in [0.05, 0.1) is 11.0 Å². The summed E-state index contributed by atoms with van der Waals surface area (Å²) in [5, 5.41) is 0. The lowest BCUT2D eigenvalue weighted by atomic mass is 9.92. The lowest BCUT2D eigenvalue weighted by Crippen LogP contribution is -2.39. The van der Waals surface area contributed by atoms with Gasteiger partial charge in [-0.3, -0.25) is 0 Å². The van der Waals surface area contributed by atoms with Crippen LogP contribution in [0.4, 0.5) is 5.95 Å². The molecule has 0 aliphatic carbocycles. The van der Waals surface area contributed by atoms with Gasteiger partial charge in [0.2, 0.25) is 5.95 Å². The highest BCUT2D eigenvalue weighted by atomic mass is 15.3. The summed E-state index contributed by atoms with van der Waals surface area (Å²) in [6, 6.07) is 6.39. The van der Waals surface area contributed by atoms with Crippen LogP contribution in [-0.2, 0) is 0 Å². The summed E-state index contributed by atoms with van der Waals surface area (Å²) in [4.78, 5) is 10.6. The van der Waals surface area contributed by atoms with Gasteiger partial charge in [0, 0.05) is 13.1 Å². The molecule has 1 aliphatic rings. The monoisotopic (exact) mass is 243 g/mol. The zero-order chi connectivity index (χ0) is 12.7. The number of hydrogen-bond donors (Lipinski definition) is 1. The zero-order valence-electron chi connectivity index (χ0n) is 11.4. The van der Waals surface area contributed by atoms with Crippen LogP contribution in [0.15, 0.2) is 18.2 Å². The molecule has 2 heterocycles. The van der Waals surface area contributed by atoms with Gasteiger partial charge in [-0.05, 0) is 42.9 Å². The molecule has 2 aromatic rings. The highest BCUT2D eigenvalue weighted by molar-refractivity contribution is 5.78. The predicted molar refractivity (Wildman–Crippen MR) is 76.0 cm³/mol. The molecule has 18 heavy (non-hydrogen) atoms. The molecule has 3 heteroatoms. The quantitative estimate of drug-likeness (QED) is 0.833. The van der Waals surface area contributed by atoms with Crippen molar-refractivity contribution >= 4 is 17.0 Å². The van der Waals surface area contributed by atoms with Gasteiger partial charge in [-0.2, -0.15) is 0 Å². The van der Waals surface area contributed by atoms with E-state index in [0.29, 0.717) is 0 Å². The molecule has 3 nitrogen and oxygen atoms in total. The van der Waals surface area contributed by atoms with E-state index in [2.05, 4.69) is 48.9 Å². The van der Waals surface area contributed by atoms with Crippen LogP contribution in [0.2, 0.25) is 0 Å². The fraction of sp³-hybridized carbons (Fsp3) is 0.533. The first-order chi connectivity index (χ1) is 8.61. The maximum atomic E-state index is 4.72. The third kappa shape index (κ3) is 2.09. The summed E-state index contributed by atoms with van der Waals surface area (Å²) in [6.07, 6.45) is 1.33. The Kier molecular flexibility index (Phi) is 2.77. The summed E-state index contributed by atoms with van der Waals surface area (Å²) < 4.78 is 0. The minimum Gasteiger partial charge on any atom is -0.342 e. The van der Waals surface area contributed by atoms with Crippen molar-refractivity contribution in [2.45, 2.75) is 27.2 Å². The molecule has 1 aromatic heterocycles. The number of anilines is 1. The van der Waals surface area contributed by atoms with E-state index < -0.39 is 0 Å². The van der Waals surface area contributed by atoms with Gasteiger partial charge in [0.25, 0.3) is 0 Å². The molecule has 1 saturated heterocycles. The predicted octanol–water partition coefficient (Wildman–Crippen LogP) is 3.35. The van der Waals surface area contributed by atoms with Crippen LogP contribution in [-0.4, -0.2) is 23.1 Å². The number of aromatic amines is 1. The molecule has 2 unspecified atom stereocenters. The second kappa shape index (κ2) is 4.30. The average molecular weight is 243 g/mol. The third-order valence-corrected chi connectivity index (χ3v) is 3.79. The first-order valence-electron chi connectivity index (χ1n) is 6.83. The number of nitrogens with zero attached hydrogens (tertiary/aromatic N) is 2. The molecule has 1 N–H and O–H groups in total. The lowest BCUT2D eigenvalue weighted by molar-refractivity contribution is 0.354. The van der Waals surface area contributed by atoms with E-state index in [1.54, 1.807) is 0 Å². The molecule has 2 atom stereocenters. The molecule has 0 spiro atoms. The van der Waals surface area contributed by atoms with E-state index >= 15 is 0 Å². The van der Waals surface area contributed by atoms with Crippen LogP contribution in [0.3, 0.4) is 0 Å². The Morgan fingerprint density at radius 2 is 1.94 bits per heavy atom. The van der Waals surface area contributed by atoms with E-state index in [4.69, 9.17) is 4.98 Å². The summed E-state index contributed by atoms with van der Waals surface area (Å²) >= 11 is 0. The topological polar surface area (TPSA) is 31.9 Å². The molecule has 0 saturated carbocycles. The van der Waals surface area contributed by atoms with E-state index in [1.807, 2.05) is 0 Å². The molecule has 1 fully saturated rings. The number of rotatable bonds is 1. The smallest absolute Gasteiger partial charge is 0.203 e. The summed E-state index contributed by atoms with van der Waals surface area (Å²) in [5.74, 6) is 2.54. The van der Waals surface area contributed by atoms with Gasteiger partial charge in [-0.25, -0.2) is 4.98 Å². The standard InChI is InChI=1S/C15H21N3/c1-10-4-5-13-14(7-10)17-15(16-13)18-8-11(2)6-12(3)9-18/h4-5,7,11-12H,6,8-9H2,1-3H3,(H,16,17). The van der Waals surface area contributed by atoms with Crippen molar-refractivity contribution in [1.82, 2.24) is 9.97 Å². The molecule has 0 radical (unpaired) electrons. The molecule has 96 valence electrons. The summed E-state index contributed by atoms with van der Waals surface area (Å²) in [6.45, 7) is 9.00. The second-order valence-electron chi connectivity index (χ2n) is 5.93. The molecular formula is C15H21N3. The first kappa shape index (κ1) is 11.6. The maximum absolute atomic E-state index is 4.72. The van der Waals surface area contributed by atoms with Crippen molar-refractivity contribution in [2.24, 2.45) is 11.8 Å². The zero-order valence-corrected chi connectivity index (χ0v) is 11.4. The average Bonchev–Trinajstić information content (AvgIpc) is 2.70. The minimum atomic E-state index is 0.753. The molecule has 1 aromatic carbocycles. The summed E-state index contributed by atoms with van der Waals surface area (Å²) in [5.41, 5.74) is 3.50. The number of benzene rings is 1. The molecule has 3 rings (SSSR count). The fourth-order valence-electron chi connectivity index (χ4n) is 3.10. The number of aromatic nitrogens is 2. The normalized spacial score (nSPS) is 24.7. The van der Waals surface area contributed by atoms with Crippen LogP contribution in [0.5, 0.6) is 0 Å². The van der Waals surface area contributed by atoms with Crippen molar-refractivity contribution < 1.29 is 0 Å². The minimum absolute atomic E-state index is 0.753. The van der Waals surface area contributed by atoms with Gasteiger partial charge >= 0.3 is 0 Å². The number of piperidine rings is 1. The largest absolute Gasteiger partial charge is 0.342 e. The number of fused-ring (bicyclic) bond motifs is 1. The number of imidazole rings is 1. The van der Waals surface area contributed by atoms with Gasteiger partial charge in [-0.15, -0.1) is 0 Å². The molecule has 0 bridgehead atoms. The van der Waals surface area contributed by atoms with Crippen molar-refractivity contribution in [3.63, 3.8) is 0 Å². The van der Waals surface area contributed by atoms with E-state index in [9.17, 15) is 0 Å². The van der Waals surface area contributed by atoms with E-state index in [1.165, 1.54) is 12.0 Å². The molecule has 0 amide bonds. The Bertz CT molecular complexity index is 548. The Balaban J connectivity index is 1.93. The molecular weight excluding hydrogens is 222 g/mol. The second-order valence-corrected chi connectivity index (χ2v) is 5.93. The van der Waals surface area contributed by atoms with E-state index in [0.717, 1.165) is 41.9 Å². The Hall–Kier alpha value is -1.51. The van der Waals surface area contributed by atoms with Crippen molar-refractivity contribution in [1.29, 1.82) is 0 Å². The van der Waals surface area contributed by atoms with Gasteiger partial charge in [0.1, 0.15) is 0 Å². The van der Waals surface area contributed by atoms with Crippen molar-refractivity contribution in [2.75, 3.05) is 18.0 Å².